The summed E-state index contributed by atoms with van der Waals surface area (Å²) in [4.78, 5) is 30.3. The molecule has 6 nitrogen and oxygen atoms in total. The average molecular weight is 524 g/mol. The summed E-state index contributed by atoms with van der Waals surface area (Å²) < 4.78 is 7.92. The molecule has 0 atom stereocenters. The number of aromatic nitrogens is 2. The van der Waals surface area contributed by atoms with Gasteiger partial charge in [-0.25, -0.2) is 4.98 Å². The van der Waals surface area contributed by atoms with Crippen molar-refractivity contribution in [2.45, 2.75) is 72.8 Å². The predicted octanol–water partition coefficient (Wildman–Crippen LogP) is 6.64. The number of nitrogens with zero attached hydrogens (tertiary/aromatic N) is 2. The van der Waals surface area contributed by atoms with Crippen molar-refractivity contribution in [3.8, 4) is 5.75 Å². The number of carbonyl (C=O) groups is 2. The van der Waals surface area contributed by atoms with Gasteiger partial charge in [-0.1, -0.05) is 63.8 Å². The topological polar surface area (TPSA) is 73.2 Å². The molecule has 1 aromatic heterocycles. The van der Waals surface area contributed by atoms with Gasteiger partial charge >= 0.3 is 0 Å². The second-order valence-electron chi connectivity index (χ2n) is 11.2. The van der Waals surface area contributed by atoms with Crippen molar-refractivity contribution in [3.05, 3.63) is 57.9 Å². The number of hydrogen-bond acceptors (Lipinski definition) is 4. The average Bonchev–Trinajstić information content (AvgIpc) is 3.11. The fraction of sp³-hybridized carbons (Fsp3) is 0.500. The number of ketones is 1. The van der Waals surface area contributed by atoms with E-state index in [1.54, 1.807) is 0 Å². The number of Topliss-reactive ketones (excluding diaryl/α,β-unsaturated/α-hetero) is 1. The van der Waals surface area contributed by atoms with E-state index in [1.165, 1.54) is 19.3 Å². The molecule has 1 amide bonds. The van der Waals surface area contributed by atoms with Crippen molar-refractivity contribution in [2.75, 3.05) is 6.61 Å². The van der Waals surface area contributed by atoms with Crippen molar-refractivity contribution >= 4 is 34.3 Å². The van der Waals surface area contributed by atoms with Crippen molar-refractivity contribution in [1.82, 2.24) is 14.9 Å². The summed E-state index contributed by atoms with van der Waals surface area (Å²) in [7, 11) is 1.97. The molecule has 1 saturated carbocycles. The highest BCUT2D eigenvalue weighted by atomic mass is 35.5. The number of nitrogens with one attached hydrogen (secondary N) is 1. The van der Waals surface area contributed by atoms with Gasteiger partial charge < -0.3 is 14.6 Å². The van der Waals surface area contributed by atoms with Crippen LogP contribution in [-0.4, -0.2) is 27.8 Å². The van der Waals surface area contributed by atoms with E-state index in [9.17, 15) is 9.59 Å². The molecule has 1 aliphatic rings. The summed E-state index contributed by atoms with van der Waals surface area (Å²) in [6, 6.07) is 9.63. The number of halogens is 1. The molecule has 37 heavy (non-hydrogen) atoms. The minimum absolute atomic E-state index is 0.00231. The standard InChI is InChI=1S/C30H38ClN3O3/c1-6-37-27-17-25-24(16-22(27)26(35)13-11-19-8-7-9-19)33-28(34(25)5)15-21-14-20(10-12-23(21)31)18-32-29(36)30(2,3)4/h10,12,14,16-17,19H,6-9,11,13,15,18H2,1-5H3,(H,32,36). The fourth-order valence-corrected chi connectivity index (χ4v) is 4.85. The van der Waals surface area contributed by atoms with Gasteiger partial charge in [0.05, 0.1) is 23.2 Å². The molecule has 1 fully saturated rings. The van der Waals surface area contributed by atoms with Crippen LogP contribution in [0, 0.1) is 11.3 Å². The second kappa shape index (κ2) is 11.3. The van der Waals surface area contributed by atoms with Gasteiger partial charge in [-0.15, -0.1) is 0 Å². The Morgan fingerprint density at radius 2 is 1.95 bits per heavy atom. The van der Waals surface area contributed by atoms with Crippen molar-refractivity contribution in [2.24, 2.45) is 18.4 Å². The zero-order valence-electron chi connectivity index (χ0n) is 22.6. The number of benzene rings is 2. The Kier molecular flexibility index (Phi) is 8.27. The Balaban J connectivity index is 1.58. The number of imidazole rings is 1. The number of amides is 1. The SMILES string of the molecule is CCOc1cc2c(cc1C(=O)CCC1CCC1)nc(Cc1cc(CNC(=O)C(C)(C)C)ccc1Cl)n2C. The largest absolute Gasteiger partial charge is 0.493 e. The number of carbonyl (C=O) groups excluding carboxylic acids is 2. The normalized spacial score (nSPS) is 14.0. The van der Waals surface area contributed by atoms with Crippen LogP contribution in [0.3, 0.4) is 0 Å². The number of rotatable bonds is 10. The first-order chi connectivity index (χ1) is 17.6. The lowest BCUT2D eigenvalue weighted by atomic mass is 9.81. The number of aryl methyl sites for hydroxylation is 1. The van der Waals surface area contributed by atoms with Crippen LogP contribution in [0.5, 0.6) is 5.75 Å². The van der Waals surface area contributed by atoms with Gasteiger partial charge in [-0.2, -0.15) is 0 Å². The van der Waals surface area contributed by atoms with E-state index in [4.69, 9.17) is 21.3 Å². The molecular formula is C30H38ClN3O3. The molecule has 0 saturated heterocycles. The Hall–Kier alpha value is -2.86. The summed E-state index contributed by atoms with van der Waals surface area (Å²) in [5.74, 6) is 2.28. The Bertz CT molecular complexity index is 1300. The number of fused-ring (bicyclic) bond motifs is 1. The van der Waals surface area contributed by atoms with E-state index in [2.05, 4.69) is 5.32 Å². The lowest BCUT2D eigenvalue weighted by Crippen LogP contribution is -2.34. The third kappa shape index (κ3) is 6.35. The van der Waals surface area contributed by atoms with Crippen molar-refractivity contribution in [1.29, 1.82) is 0 Å². The first kappa shape index (κ1) is 27.2. The van der Waals surface area contributed by atoms with E-state index >= 15 is 0 Å². The Labute approximate surface area is 224 Å². The van der Waals surface area contributed by atoms with Crippen molar-refractivity contribution < 1.29 is 14.3 Å². The molecule has 198 valence electrons. The highest BCUT2D eigenvalue weighted by Crippen LogP contribution is 2.33. The molecule has 0 unspecified atom stereocenters. The molecule has 0 spiro atoms. The van der Waals surface area contributed by atoms with Crippen LogP contribution in [0.2, 0.25) is 5.02 Å². The summed E-state index contributed by atoms with van der Waals surface area (Å²) >= 11 is 6.55. The zero-order chi connectivity index (χ0) is 26.7. The molecule has 4 rings (SSSR count). The molecule has 0 radical (unpaired) electrons. The van der Waals surface area contributed by atoms with Crippen LogP contribution >= 0.6 is 11.6 Å². The molecule has 0 bridgehead atoms. The third-order valence-electron chi connectivity index (χ3n) is 7.27. The van der Waals surface area contributed by atoms with Crippen molar-refractivity contribution in [3.63, 3.8) is 0 Å². The van der Waals surface area contributed by atoms with Gasteiger partial charge in [0, 0.05) is 42.9 Å². The van der Waals surface area contributed by atoms with Crippen LogP contribution < -0.4 is 10.1 Å². The summed E-state index contributed by atoms with van der Waals surface area (Å²) in [6.45, 7) is 8.55. The fourth-order valence-electron chi connectivity index (χ4n) is 4.66. The molecule has 2 aromatic carbocycles. The third-order valence-corrected chi connectivity index (χ3v) is 7.64. The maximum absolute atomic E-state index is 13.1. The van der Waals surface area contributed by atoms with E-state index in [-0.39, 0.29) is 11.7 Å². The van der Waals surface area contributed by atoms with Gasteiger partial charge in [0.25, 0.3) is 0 Å². The smallest absolute Gasteiger partial charge is 0.225 e. The zero-order valence-corrected chi connectivity index (χ0v) is 23.4. The number of hydrogen-bond donors (Lipinski definition) is 1. The Morgan fingerprint density at radius 3 is 2.59 bits per heavy atom. The summed E-state index contributed by atoms with van der Waals surface area (Å²) in [5, 5.41) is 3.65. The van der Waals surface area contributed by atoms with E-state index in [0.717, 1.165) is 34.4 Å². The first-order valence-corrected chi connectivity index (χ1v) is 13.7. The lowest BCUT2D eigenvalue weighted by Gasteiger charge is -2.24. The lowest BCUT2D eigenvalue weighted by molar-refractivity contribution is -0.128. The monoisotopic (exact) mass is 523 g/mol. The minimum Gasteiger partial charge on any atom is -0.493 e. The van der Waals surface area contributed by atoms with E-state index in [0.29, 0.717) is 48.2 Å². The molecule has 1 N–H and O–H groups in total. The highest BCUT2D eigenvalue weighted by Gasteiger charge is 2.23. The quantitative estimate of drug-likeness (QED) is 0.302. The minimum atomic E-state index is -0.444. The van der Waals surface area contributed by atoms with Crippen LogP contribution in [0.25, 0.3) is 11.0 Å². The summed E-state index contributed by atoms with van der Waals surface area (Å²) in [5.41, 5.74) is 3.78. The number of ether oxygens (including phenoxy) is 1. The molecule has 0 aliphatic heterocycles. The predicted molar refractivity (Wildman–Crippen MR) is 148 cm³/mol. The molecule has 3 aromatic rings. The van der Waals surface area contributed by atoms with Crippen LogP contribution in [0.15, 0.2) is 30.3 Å². The maximum atomic E-state index is 13.1. The van der Waals surface area contributed by atoms with Gasteiger partial charge in [0.1, 0.15) is 11.6 Å². The second-order valence-corrected chi connectivity index (χ2v) is 11.6. The molecular weight excluding hydrogens is 486 g/mol. The summed E-state index contributed by atoms with van der Waals surface area (Å²) in [6.07, 6.45) is 5.77. The van der Waals surface area contributed by atoms with Crippen LogP contribution in [-0.2, 0) is 24.8 Å². The van der Waals surface area contributed by atoms with Gasteiger partial charge in [-0.05, 0) is 42.5 Å². The van der Waals surface area contributed by atoms with Gasteiger partial charge in [0.15, 0.2) is 5.78 Å². The van der Waals surface area contributed by atoms with Crippen LogP contribution in [0.1, 0.15) is 87.1 Å². The molecule has 1 heterocycles. The van der Waals surface area contributed by atoms with Crippen LogP contribution in [0.4, 0.5) is 0 Å². The highest BCUT2D eigenvalue weighted by molar-refractivity contribution is 6.31. The first-order valence-electron chi connectivity index (χ1n) is 13.3. The Morgan fingerprint density at radius 1 is 1.19 bits per heavy atom. The maximum Gasteiger partial charge on any atom is 0.225 e. The molecule has 1 aliphatic carbocycles. The van der Waals surface area contributed by atoms with E-state index < -0.39 is 5.41 Å². The van der Waals surface area contributed by atoms with E-state index in [1.807, 2.05) is 69.6 Å². The molecule has 7 heteroatoms. The van der Waals surface area contributed by atoms with Gasteiger partial charge in [-0.3, -0.25) is 9.59 Å². The van der Waals surface area contributed by atoms with Gasteiger partial charge in [0.2, 0.25) is 5.91 Å².